The van der Waals surface area contributed by atoms with Crippen LogP contribution in [0.25, 0.3) is 0 Å². The second kappa shape index (κ2) is 6.76. The number of hydrogen-bond acceptors (Lipinski definition) is 2. The van der Waals surface area contributed by atoms with E-state index in [1.807, 2.05) is 30.3 Å². The minimum absolute atomic E-state index is 0.472. The second-order valence-corrected chi connectivity index (χ2v) is 6.09. The lowest BCUT2D eigenvalue weighted by Gasteiger charge is -2.10. The van der Waals surface area contributed by atoms with E-state index < -0.39 is 11.9 Å². The first-order chi connectivity index (χ1) is 9.95. The number of nitrogens with one attached hydrogen (secondary N) is 1. The molecule has 0 heterocycles. The van der Waals surface area contributed by atoms with Crippen LogP contribution in [0.4, 0.5) is 5.69 Å². The highest BCUT2D eigenvalue weighted by Crippen LogP contribution is 2.20. The number of halogens is 1. The van der Waals surface area contributed by atoms with Crippen LogP contribution in [-0.2, 0) is 11.3 Å². The zero-order valence-electron chi connectivity index (χ0n) is 12.1. The minimum Gasteiger partial charge on any atom is -0.481 e. The lowest BCUT2D eigenvalue weighted by molar-refractivity contribution is -0.138. The fourth-order valence-electron chi connectivity index (χ4n) is 2.11. The average molecular weight is 348 g/mol. The minimum atomic E-state index is -0.800. The monoisotopic (exact) mass is 347 g/mol. The van der Waals surface area contributed by atoms with Gasteiger partial charge in [-0.1, -0.05) is 40.2 Å². The molecule has 2 aromatic rings. The summed E-state index contributed by atoms with van der Waals surface area (Å²) in [5.74, 6) is -1.27. The number of benzene rings is 2. The maximum Gasteiger partial charge on any atom is 0.310 e. The van der Waals surface area contributed by atoms with Crippen LogP contribution in [0.5, 0.6) is 0 Å². The van der Waals surface area contributed by atoms with Crippen LogP contribution in [0.1, 0.15) is 29.5 Å². The van der Waals surface area contributed by atoms with Gasteiger partial charge in [0.05, 0.1) is 5.92 Å². The molecule has 2 rings (SSSR count). The van der Waals surface area contributed by atoms with Crippen molar-refractivity contribution in [2.75, 3.05) is 5.32 Å². The summed E-state index contributed by atoms with van der Waals surface area (Å²) in [4.78, 5) is 10.9. The highest BCUT2D eigenvalue weighted by molar-refractivity contribution is 9.10. The summed E-state index contributed by atoms with van der Waals surface area (Å²) < 4.78 is 1.05. The zero-order chi connectivity index (χ0) is 15.4. The molecule has 4 heteroatoms. The van der Waals surface area contributed by atoms with Gasteiger partial charge in [-0.05, 0) is 48.7 Å². The molecule has 0 aliphatic carbocycles. The lowest BCUT2D eigenvalue weighted by Crippen LogP contribution is -2.07. The van der Waals surface area contributed by atoms with Crippen molar-refractivity contribution in [3.63, 3.8) is 0 Å². The molecular formula is C17H18BrNO2. The van der Waals surface area contributed by atoms with Crippen molar-refractivity contribution in [3.05, 3.63) is 63.6 Å². The third-order valence-electron chi connectivity index (χ3n) is 3.39. The number of anilines is 1. The third kappa shape index (κ3) is 4.33. The van der Waals surface area contributed by atoms with Gasteiger partial charge >= 0.3 is 5.97 Å². The molecule has 0 aliphatic heterocycles. The molecule has 2 N–H and O–H groups in total. The zero-order valence-corrected chi connectivity index (χ0v) is 13.6. The Bertz CT molecular complexity index is 617. The van der Waals surface area contributed by atoms with Gasteiger partial charge in [-0.3, -0.25) is 4.79 Å². The molecule has 110 valence electrons. The number of aliphatic carboxylic acids is 1. The quantitative estimate of drug-likeness (QED) is 0.833. The molecule has 0 saturated carbocycles. The predicted molar refractivity (Wildman–Crippen MR) is 88.7 cm³/mol. The first kappa shape index (κ1) is 15.6. The summed E-state index contributed by atoms with van der Waals surface area (Å²) in [6.07, 6.45) is 0. The van der Waals surface area contributed by atoms with Crippen molar-refractivity contribution in [3.8, 4) is 0 Å². The fraction of sp³-hybridized carbons (Fsp3) is 0.235. The molecule has 2 aromatic carbocycles. The van der Waals surface area contributed by atoms with E-state index in [0.29, 0.717) is 6.54 Å². The summed E-state index contributed by atoms with van der Waals surface area (Å²) in [6, 6.07) is 13.9. The molecule has 21 heavy (non-hydrogen) atoms. The number of rotatable bonds is 5. The van der Waals surface area contributed by atoms with E-state index in [4.69, 9.17) is 5.11 Å². The van der Waals surface area contributed by atoms with Crippen LogP contribution in [0, 0.1) is 6.92 Å². The van der Waals surface area contributed by atoms with Crippen LogP contribution in [0.2, 0.25) is 0 Å². The number of carbonyl (C=O) groups is 1. The van der Waals surface area contributed by atoms with Gasteiger partial charge in [-0.25, -0.2) is 0 Å². The maximum absolute atomic E-state index is 10.9. The van der Waals surface area contributed by atoms with Crippen molar-refractivity contribution in [2.45, 2.75) is 26.3 Å². The molecule has 0 amide bonds. The average Bonchev–Trinajstić information content (AvgIpc) is 2.44. The van der Waals surface area contributed by atoms with Crippen molar-refractivity contribution in [2.24, 2.45) is 0 Å². The van der Waals surface area contributed by atoms with Crippen LogP contribution < -0.4 is 5.32 Å². The second-order valence-electron chi connectivity index (χ2n) is 5.17. The van der Waals surface area contributed by atoms with Gasteiger partial charge in [0.2, 0.25) is 0 Å². The Hall–Kier alpha value is -1.81. The van der Waals surface area contributed by atoms with Gasteiger partial charge in [-0.2, -0.15) is 0 Å². The number of carboxylic acids is 1. The van der Waals surface area contributed by atoms with E-state index in [1.165, 1.54) is 5.56 Å². The smallest absolute Gasteiger partial charge is 0.310 e. The summed E-state index contributed by atoms with van der Waals surface area (Å²) in [5.41, 5.74) is 4.20. The molecule has 3 nitrogen and oxygen atoms in total. The molecular weight excluding hydrogens is 330 g/mol. The Balaban J connectivity index is 2.02. The van der Waals surface area contributed by atoms with Gasteiger partial charge in [-0.15, -0.1) is 0 Å². The lowest BCUT2D eigenvalue weighted by atomic mass is 10.00. The Morgan fingerprint density at radius 1 is 1.24 bits per heavy atom. The molecule has 0 saturated heterocycles. The topological polar surface area (TPSA) is 49.3 Å². The summed E-state index contributed by atoms with van der Waals surface area (Å²) >= 11 is 3.48. The van der Waals surface area contributed by atoms with E-state index in [9.17, 15) is 4.79 Å². The highest BCUT2D eigenvalue weighted by atomic mass is 79.9. The Morgan fingerprint density at radius 2 is 1.90 bits per heavy atom. The number of carboxylic acid groups (broad SMARTS) is 1. The van der Waals surface area contributed by atoms with Gasteiger partial charge in [0.25, 0.3) is 0 Å². The maximum atomic E-state index is 10.9. The standard InChI is InChI=1S/C17H18BrNO2/c1-11-7-15(18)9-16(8-11)19-10-13-3-5-14(6-4-13)12(2)17(20)21/h3-9,12,19H,10H2,1-2H3,(H,20,21). The van der Waals surface area contributed by atoms with E-state index in [0.717, 1.165) is 21.3 Å². The van der Waals surface area contributed by atoms with Crippen LogP contribution in [0.15, 0.2) is 46.9 Å². The Labute approximate surface area is 133 Å². The van der Waals surface area contributed by atoms with Gasteiger partial charge in [0, 0.05) is 16.7 Å². The molecule has 1 atom stereocenters. The van der Waals surface area contributed by atoms with E-state index in [-0.39, 0.29) is 0 Å². The number of aryl methyl sites for hydroxylation is 1. The molecule has 0 radical (unpaired) electrons. The van der Waals surface area contributed by atoms with E-state index in [2.05, 4.69) is 40.3 Å². The molecule has 0 fully saturated rings. The number of hydrogen-bond donors (Lipinski definition) is 2. The summed E-state index contributed by atoms with van der Waals surface area (Å²) in [5, 5.41) is 12.4. The normalized spacial score (nSPS) is 12.0. The Morgan fingerprint density at radius 3 is 2.48 bits per heavy atom. The fourth-order valence-corrected chi connectivity index (χ4v) is 2.72. The summed E-state index contributed by atoms with van der Waals surface area (Å²) in [6.45, 7) is 4.45. The Kier molecular flexibility index (Phi) is 5.02. The van der Waals surface area contributed by atoms with Crippen LogP contribution in [0.3, 0.4) is 0 Å². The molecule has 1 unspecified atom stereocenters. The molecule has 0 bridgehead atoms. The SMILES string of the molecule is Cc1cc(Br)cc(NCc2ccc(C(C)C(=O)O)cc2)c1. The van der Waals surface area contributed by atoms with E-state index >= 15 is 0 Å². The van der Waals surface area contributed by atoms with Crippen molar-refractivity contribution in [1.82, 2.24) is 0 Å². The largest absolute Gasteiger partial charge is 0.481 e. The first-order valence-corrected chi connectivity index (χ1v) is 7.57. The highest BCUT2D eigenvalue weighted by Gasteiger charge is 2.12. The van der Waals surface area contributed by atoms with Crippen molar-refractivity contribution in [1.29, 1.82) is 0 Å². The van der Waals surface area contributed by atoms with Crippen molar-refractivity contribution < 1.29 is 9.90 Å². The van der Waals surface area contributed by atoms with Crippen LogP contribution >= 0.6 is 15.9 Å². The summed E-state index contributed by atoms with van der Waals surface area (Å²) in [7, 11) is 0. The van der Waals surface area contributed by atoms with Crippen LogP contribution in [-0.4, -0.2) is 11.1 Å². The van der Waals surface area contributed by atoms with Gasteiger partial charge in [0.15, 0.2) is 0 Å². The van der Waals surface area contributed by atoms with E-state index in [1.54, 1.807) is 6.92 Å². The van der Waals surface area contributed by atoms with Gasteiger partial charge < -0.3 is 10.4 Å². The first-order valence-electron chi connectivity index (χ1n) is 6.78. The predicted octanol–water partition coefficient (Wildman–Crippen LogP) is 4.56. The molecule has 0 aliphatic rings. The third-order valence-corrected chi connectivity index (χ3v) is 3.85. The van der Waals surface area contributed by atoms with Crippen molar-refractivity contribution >= 4 is 27.6 Å². The molecule has 0 aromatic heterocycles. The molecule has 0 spiro atoms. The van der Waals surface area contributed by atoms with Gasteiger partial charge in [0.1, 0.15) is 0 Å².